The van der Waals surface area contributed by atoms with Crippen molar-refractivity contribution in [2.45, 2.75) is 53.1 Å². The lowest BCUT2D eigenvalue weighted by Crippen LogP contribution is -2.35. The van der Waals surface area contributed by atoms with Crippen molar-refractivity contribution >= 4 is 5.78 Å². The molecule has 3 atom stereocenters. The Morgan fingerprint density at radius 1 is 1.40 bits per heavy atom. The van der Waals surface area contributed by atoms with Crippen LogP contribution in [0.3, 0.4) is 0 Å². The third kappa shape index (κ3) is 3.94. The van der Waals surface area contributed by atoms with Gasteiger partial charge in [-0.2, -0.15) is 0 Å². The predicted molar refractivity (Wildman–Crippen MR) is 61.8 cm³/mol. The maximum Gasteiger partial charge on any atom is 0.155 e. The lowest BCUT2D eigenvalue weighted by atomic mass is 9.75. The van der Waals surface area contributed by atoms with E-state index in [1.807, 2.05) is 0 Å². The van der Waals surface area contributed by atoms with Gasteiger partial charge >= 0.3 is 0 Å². The Bertz CT molecular complexity index is 211. The molecule has 0 spiro atoms. The van der Waals surface area contributed by atoms with Crippen molar-refractivity contribution in [2.75, 3.05) is 6.61 Å². The number of ketones is 1. The van der Waals surface area contributed by atoms with Gasteiger partial charge in [0.05, 0.1) is 6.10 Å². The molecule has 1 fully saturated rings. The fraction of sp³-hybridized carbons (Fsp3) is 0.923. The molecule has 2 nitrogen and oxygen atoms in total. The average Bonchev–Trinajstić information content (AvgIpc) is 2.14. The van der Waals surface area contributed by atoms with Gasteiger partial charge in [-0.05, 0) is 37.5 Å². The van der Waals surface area contributed by atoms with E-state index >= 15 is 0 Å². The number of carbonyl (C=O) groups excluding carboxylic acids is 1. The summed E-state index contributed by atoms with van der Waals surface area (Å²) < 4.78 is 5.74. The molecule has 1 aliphatic carbocycles. The van der Waals surface area contributed by atoms with Gasteiger partial charge in [0.1, 0.15) is 6.61 Å². The van der Waals surface area contributed by atoms with Crippen LogP contribution in [0, 0.1) is 17.8 Å². The van der Waals surface area contributed by atoms with Gasteiger partial charge in [0, 0.05) is 0 Å². The molecule has 88 valence electrons. The second kappa shape index (κ2) is 5.64. The average molecular weight is 212 g/mol. The van der Waals surface area contributed by atoms with E-state index in [9.17, 15) is 4.79 Å². The molecule has 0 bridgehead atoms. The number of carbonyl (C=O) groups is 1. The Morgan fingerprint density at radius 2 is 2.07 bits per heavy atom. The maximum atomic E-state index is 10.9. The predicted octanol–water partition coefficient (Wildman–Crippen LogP) is 3.05. The molecule has 0 heterocycles. The van der Waals surface area contributed by atoms with Crippen LogP contribution in [-0.2, 0) is 9.53 Å². The summed E-state index contributed by atoms with van der Waals surface area (Å²) in [5.41, 5.74) is 0. The van der Waals surface area contributed by atoms with E-state index in [1.54, 1.807) is 6.92 Å². The van der Waals surface area contributed by atoms with E-state index < -0.39 is 0 Å². The largest absolute Gasteiger partial charge is 0.370 e. The molecule has 0 aromatic carbocycles. The van der Waals surface area contributed by atoms with Crippen LogP contribution in [0.2, 0.25) is 0 Å². The summed E-state index contributed by atoms with van der Waals surface area (Å²) >= 11 is 0. The molecule has 0 saturated heterocycles. The summed E-state index contributed by atoms with van der Waals surface area (Å²) in [7, 11) is 0. The summed E-state index contributed by atoms with van der Waals surface area (Å²) in [6, 6.07) is 0. The van der Waals surface area contributed by atoms with E-state index in [0.29, 0.717) is 24.5 Å². The Morgan fingerprint density at radius 3 is 2.60 bits per heavy atom. The fourth-order valence-electron chi connectivity index (χ4n) is 2.53. The van der Waals surface area contributed by atoms with Crippen molar-refractivity contribution in [3.63, 3.8) is 0 Å². The van der Waals surface area contributed by atoms with Crippen LogP contribution in [-0.4, -0.2) is 18.5 Å². The highest BCUT2D eigenvalue weighted by Gasteiger charge is 2.31. The normalized spacial score (nSPS) is 31.9. The second-order valence-electron chi connectivity index (χ2n) is 5.38. The Hall–Kier alpha value is -0.370. The zero-order valence-corrected chi connectivity index (χ0v) is 10.5. The van der Waals surface area contributed by atoms with Gasteiger partial charge in [-0.3, -0.25) is 4.79 Å². The van der Waals surface area contributed by atoms with E-state index in [2.05, 4.69) is 20.8 Å². The minimum Gasteiger partial charge on any atom is -0.370 e. The van der Waals surface area contributed by atoms with Gasteiger partial charge in [-0.1, -0.05) is 27.2 Å². The molecular weight excluding hydrogens is 188 g/mol. The van der Waals surface area contributed by atoms with Crippen molar-refractivity contribution in [1.29, 1.82) is 0 Å². The maximum absolute atomic E-state index is 10.9. The van der Waals surface area contributed by atoms with Crippen LogP contribution in [0.15, 0.2) is 0 Å². The van der Waals surface area contributed by atoms with Gasteiger partial charge in [-0.25, -0.2) is 0 Å². The number of ether oxygens (including phenoxy) is 1. The first-order valence-electron chi connectivity index (χ1n) is 6.11. The number of hydrogen-bond donors (Lipinski definition) is 0. The summed E-state index contributed by atoms with van der Waals surface area (Å²) in [5.74, 6) is 2.18. The van der Waals surface area contributed by atoms with Crippen molar-refractivity contribution in [3.8, 4) is 0 Å². The highest BCUT2D eigenvalue weighted by Crippen LogP contribution is 2.35. The smallest absolute Gasteiger partial charge is 0.155 e. The highest BCUT2D eigenvalue weighted by atomic mass is 16.5. The van der Waals surface area contributed by atoms with Gasteiger partial charge in [-0.15, -0.1) is 0 Å². The van der Waals surface area contributed by atoms with Crippen molar-refractivity contribution in [3.05, 3.63) is 0 Å². The molecule has 0 N–H and O–H groups in total. The zero-order valence-electron chi connectivity index (χ0n) is 10.5. The standard InChI is InChI=1S/C13H24O2/c1-9(2)12-6-5-10(3)7-13(12)15-8-11(4)14/h9-10,12-13H,5-8H2,1-4H3/t10-,12+,13?/m0/s1. The van der Waals surface area contributed by atoms with Gasteiger partial charge in [0.2, 0.25) is 0 Å². The van der Waals surface area contributed by atoms with E-state index in [4.69, 9.17) is 4.74 Å². The molecular formula is C13H24O2. The molecule has 0 radical (unpaired) electrons. The van der Waals surface area contributed by atoms with Crippen LogP contribution >= 0.6 is 0 Å². The molecule has 1 rings (SSSR count). The van der Waals surface area contributed by atoms with Gasteiger partial charge in [0.25, 0.3) is 0 Å². The topological polar surface area (TPSA) is 26.3 Å². The molecule has 1 saturated carbocycles. The molecule has 0 amide bonds. The molecule has 2 heteroatoms. The van der Waals surface area contributed by atoms with Crippen LogP contribution < -0.4 is 0 Å². The lowest BCUT2D eigenvalue weighted by molar-refractivity contribution is -0.127. The number of rotatable bonds is 4. The molecule has 1 unspecified atom stereocenters. The second-order valence-corrected chi connectivity index (χ2v) is 5.38. The first-order valence-corrected chi connectivity index (χ1v) is 6.11. The Balaban J connectivity index is 2.50. The van der Waals surface area contributed by atoms with E-state index in [0.717, 1.165) is 12.3 Å². The lowest BCUT2D eigenvalue weighted by Gasteiger charge is -2.36. The SMILES string of the molecule is CC(=O)COC1C[C@@H](C)CC[C@@H]1C(C)C. The summed E-state index contributed by atoms with van der Waals surface area (Å²) in [5, 5.41) is 0. The third-order valence-electron chi connectivity index (χ3n) is 3.46. The van der Waals surface area contributed by atoms with Crippen LogP contribution in [0.1, 0.15) is 47.0 Å². The first kappa shape index (κ1) is 12.7. The summed E-state index contributed by atoms with van der Waals surface area (Å²) in [4.78, 5) is 10.9. The molecule has 0 aliphatic heterocycles. The molecule has 0 aromatic rings. The Kier molecular flexibility index (Phi) is 4.78. The van der Waals surface area contributed by atoms with Gasteiger partial charge < -0.3 is 4.74 Å². The summed E-state index contributed by atoms with van der Waals surface area (Å²) in [6.07, 6.45) is 3.98. The first-order chi connectivity index (χ1) is 7.00. The Labute approximate surface area is 93.4 Å². The third-order valence-corrected chi connectivity index (χ3v) is 3.46. The van der Waals surface area contributed by atoms with Gasteiger partial charge in [0.15, 0.2) is 5.78 Å². The quantitative estimate of drug-likeness (QED) is 0.716. The number of hydrogen-bond acceptors (Lipinski definition) is 2. The van der Waals surface area contributed by atoms with E-state index in [1.165, 1.54) is 12.8 Å². The van der Waals surface area contributed by atoms with Crippen molar-refractivity contribution < 1.29 is 9.53 Å². The molecule has 0 aromatic heterocycles. The molecule has 15 heavy (non-hydrogen) atoms. The molecule has 1 aliphatic rings. The minimum absolute atomic E-state index is 0.135. The van der Waals surface area contributed by atoms with Crippen molar-refractivity contribution in [2.24, 2.45) is 17.8 Å². The monoisotopic (exact) mass is 212 g/mol. The summed E-state index contributed by atoms with van der Waals surface area (Å²) in [6.45, 7) is 8.67. The van der Waals surface area contributed by atoms with Crippen LogP contribution in [0.25, 0.3) is 0 Å². The number of Topliss-reactive ketones (excluding diaryl/α,β-unsaturated/α-hetero) is 1. The van der Waals surface area contributed by atoms with Crippen LogP contribution in [0.4, 0.5) is 0 Å². The minimum atomic E-state index is 0.135. The van der Waals surface area contributed by atoms with E-state index in [-0.39, 0.29) is 5.78 Å². The zero-order chi connectivity index (χ0) is 11.4. The fourth-order valence-corrected chi connectivity index (χ4v) is 2.53. The highest BCUT2D eigenvalue weighted by molar-refractivity contribution is 5.76. The van der Waals surface area contributed by atoms with Crippen molar-refractivity contribution in [1.82, 2.24) is 0 Å². The van der Waals surface area contributed by atoms with Crippen LogP contribution in [0.5, 0.6) is 0 Å².